The van der Waals surface area contributed by atoms with Crippen LogP contribution in [0.15, 0.2) is 46.1 Å². The van der Waals surface area contributed by atoms with Crippen molar-refractivity contribution in [3.63, 3.8) is 0 Å². The van der Waals surface area contributed by atoms with E-state index in [9.17, 15) is 4.79 Å². The van der Waals surface area contributed by atoms with E-state index in [4.69, 9.17) is 21.3 Å². The number of hydrogen-bond donors (Lipinski definition) is 1. The van der Waals surface area contributed by atoms with Crippen molar-refractivity contribution < 1.29 is 9.53 Å². The molecule has 3 aliphatic rings. The molecule has 0 bridgehead atoms. The Hall–Kier alpha value is -1.92. The molecule has 0 fully saturated rings. The van der Waals surface area contributed by atoms with E-state index >= 15 is 0 Å². The largest absolute Gasteiger partial charge is 0.444 e. The van der Waals surface area contributed by atoms with E-state index in [0.717, 1.165) is 11.4 Å². The first-order valence-electron chi connectivity index (χ1n) is 8.35. The summed E-state index contributed by atoms with van der Waals surface area (Å²) in [6, 6.07) is 0. The highest BCUT2D eigenvalue weighted by Gasteiger charge is 2.50. The van der Waals surface area contributed by atoms with Crippen molar-refractivity contribution in [2.75, 3.05) is 19.0 Å². The lowest BCUT2D eigenvalue weighted by molar-refractivity contribution is 0.0516. The lowest BCUT2D eigenvalue weighted by atomic mass is 9.83. The van der Waals surface area contributed by atoms with Crippen molar-refractivity contribution in [3.8, 4) is 0 Å². The zero-order valence-corrected chi connectivity index (χ0v) is 15.5. The lowest BCUT2D eigenvalue weighted by Gasteiger charge is -2.41. The molecule has 1 aliphatic carbocycles. The van der Waals surface area contributed by atoms with Crippen LogP contribution in [0.3, 0.4) is 0 Å². The highest BCUT2D eigenvalue weighted by atomic mass is 35.5. The number of rotatable bonds is 4. The van der Waals surface area contributed by atoms with Gasteiger partial charge in [-0.25, -0.2) is 4.79 Å². The average molecular weight is 363 g/mol. The molecule has 0 aromatic heterocycles. The summed E-state index contributed by atoms with van der Waals surface area (Å²) in [5.41, 5.74) is 0.830. The molecule has 25 heavy (non-hydrogen) atoms. The first kappa shape index (κ1) is 17.9. The fourth-order valence-corrected chi connectivity index (χ4v) is 3.50. The molecule has 3 rings (SSSR count). The normalized spacial score (nSPS) is 27.4. The lowest BCUT2D eigenvalue weighted by Crippen LogP contribution is -2.56. The zero-order chi connectivity index (χ0) is 18.1. The topological polar surface area (TPSA) is 66.3 Å². The zero-order valence-electron chi connectivity index (χ0n) is 14.7. The molecule has 1 spiro atoms. The van der Waals surface area contributed by atoms with E-state index in [1.807, 2.05) is 45.1 Å². The first-order chi connectivity index (χ1) is 11.9. The summed E-state index contributed by atoms with van der Waals surface area (Å²) in [5.74, 6) is 0.371. The number of nitrogens with one attached hydrogen (secondary N) is 1. The number of nitrogens with zero attached hydrogens (tertiary/aromatic N) is 3. The molecule has 2 atom stereocenters. The van der Waals surface area contributed by atoms with E-state index in [2.05, 4.69) is 21.3 Å². The number of halogens is 1. The van der Waals surface area contributed by atoms with E-state index in [1.54, 1.807) is 6.21 Å². The van der Waals surface area contributed by atoms with Crippen molar-refractivity contribution in [2.24, 2.45) is 9.98 Å². The van der Waals surface area contributed by atoms with Gasteiger partial charge >= 0.3 is 6.09 Å². The summed E-state index contributed by atoms with van der Waals surface area (Å²) in [5, 5.41) is 2.80. The van der Waals surface area contributed by atoms with Gasteiger partial charge in [-0.15, -0.1) is 11.6 Å². The van der Waals surface area contributed by atoms with Crippen LogP contribution < -0.4 is 5.32 Å². The number of carbonyl (C=O) groups is 1. The third-order valence-corrected chi connectivity index (χ3v) is 4.46. The van der Waals surface area contributed by atoms with Crippen LogP contribution in [0.5, 0.6) is 0 Å². The van der Waals surface area contributed by atoms with Gasteiger partial charge in [0.15, 0.2) is 0 Å². The van der Waals surface area contributed by atoms with E-state index in [1.165, 1.54) is 0 Å². The predicted molar refractivity (Wildman–Crippen MR) is 100 cm³/mol. The van der Waals surface area contributed by atoms with Gasteiger partial charge in [0.05, 0.1) is 17.3 Å². The quantitative estimate of drug-likeness (QED) is 0.782. The summed E-state index contributed by atoms with van der Waals surface area (Å²) < 4.78 is 5.28. The fourth-order valence-electron chi connectivity index (χ4n) is 3.27. The van der Waals surface area contributed by atoms with Gasteiger partial charge in [0.1, 0.15) is 17.3 Å². The number of hydrogen-bond acceptors (Lipinski definition) is 5. The minimum atomic E-state index is -0.518. The fraction of sp³-hybridized carbons (Fsp3) is 0.500. The van der Waals surface area contributed by atoms with Crippen LogP contribution in [0, 0.1) is 0 Å². The third-order valence-electron chi connectivity index (χ3n) is 4.19. The number of carbonyl (C=O) groups excluding carboxylic acids is 1. The Balaban J connectivity index is 1.73. The Morgan fingerprint density at radius 2 is 2.24 bits per heavy atom. The predicted octanol–water partition coefficient (Wildman–Crippen LogP) is 2.67. The molecule has 0 aromatic carbocycles. The molecular formula is C18H23ClN4O2. The molecule has 7 heteroatoms. The van der Waals surface area contributed by atoms with Crippen molar-refractivity contribution in [3.05, 3.63) is 36.1 Å². The Labute approximate surface area is 153 Å². The SMILES string of the molecule is CC(C)(C)OC(=O)NCCN1C(CCl)N=C2C=CC=C3N=CC=CC321. The number of allylic oxidation sites excluding steroid dienone is 3. The maximum Gasteiger partial charge on any atom is 0.407 e. The second-order valence-corrected chi connectivity index (χ2v) is 7.39. The van der Waals surface area contributed by atoms with Crippen LogP contribution in [-0.2, 0) is 4.74 Å². The van der Waals surface area contributed by atoms with Gasteiger partial charge in [-0.1, -0.05) is 12.2 Å². The second kappa shape index (κ2) is 6.77. The first-order valence-corrected chi connectivity index (χ1v) is 8.89. The van der Waals surface area contributed by atoms with Crippen LogP contribution in [-0.4, -0.2) is 59.2 Å². The Morgan fingerprint density at radius 1 is 1.44 bits per heavy atom. The Kier molecular flexibility index (Phi) is 4.84. The molecule has 0 radical (unpaired) electrons. The Morgan fingerprint density at radius 3 is 2.96 bits per heavy atom. The van der Waals surface area contributed by atoms with Crippen LogP contribution in [0.25, 0.3) is 0 Å². The minimum absolute atomic E-state index is 0.166. The average Bonchev–Trinajstić information content (AvgIpc) is 2.85. The highest BCUT2D eigenvalue weighted by molar-refractivity contribution is 6.19. The van der Waals surface area contributed by atoms with Gasteiger partial charge in [0.2, 0.25) is 0 Å². The van der Waals surface area contributed by atoms with Gasteiger partial charge in [-0.05, 0) is 39.0 Å². The number of dihydropyridines is 1. The summed E-state index contributed by atoms with van der Waals surface area (Å²) >= 11 is 6.16. The van der Waals surface area contributed by atoms with E-state index in [0.29, 0.717) is 19.0 Å². The molecule has 2 heterocycles. The molecular weight excluding hydrogens is 340 g/mol. The van der Waals surface area contributed by atoms with Gasteiger partial charge in [-0.3, -0.25) is 14.9 Å². The maximum absolute atomic E-state index is 11.9. The van der Waals surface area contributed by atoms with Crippen molar-refractivity contribution in [1.29, 1.82) is 0 Å². The van der Waals surface area contributed by atoms with Gasteiger partial charge in [-0.2, -0.15) is 0 Å². The van der Waals surface area contributed by atoms with Crippen LogP contribution in [0.1, 0.15) is 20.8 Å². The van der Waals surface area contributed by atoms with Crippen molar-refractivity contribution in [2.45, 2.75) is 38.1 Å². The van der Waals surface area contributed by atoms with E-state index in [-0.39, 0.29) is 6.17 Å². The molecule has 0 aromatic rings. The molecule has 6 nitrogen and oxygen atoms in total. The monoisotopic (exact) mass is 362 g/mol. The molecule has 1 N–H and O–H groups in total. The van der Waals surface area contributed by atoms with Gasteiger partial charge in [0.25, 0.3) is 0 Å². The van der Waals surface area contributed by atoms with E-state index < -0.39 is 17.2 Å². The third kappa shape index (κ3) is 3.41. The smallest absolute Gasteiger partial charge is 0.407 e. The molecule has 0 saturated heterocycles. The van der Waals surface area contributed by atoms with Gasteiger partial charge < -0.3 is 10.1 Å². The van der Waals surface area contributed by atoms with Crippen LogP contribution in [0.2, 0.25) is 0 Å². The molecule has 0 saturated carbocycles. The molecule has 1 amide bonds. The maximum atomic E-state index is 11.9. The second-order valence-electron chi connectivity index (χ2n) is 7.09. The number of alkyl halides is 1. The molecule has 2 unspecified atom stereocenters. The summed E-state index contributed by atoms with van der Waals surface area (Å²) in [7, 11) is 0. The number of aliphatic imine (C=N–C) groups is 2. The van der Waals surface area contributed by atoms with Crippen LogP contribution >= 0.6 is 11.6 Å². The van der Waals surface area contributed by atoms with Gasteiger partial charge in [0, 0.05) is 19.3 Å². The Bertz CT molecular complexity index is 702. The molecule has 2 aliphatic heterocycles. The summed E-state index contributed by atoms with van der Waals surface area (Å²) in [6.07, 6.45) is 11.1. The van der Waals surface area contributed by atoms with Crippen molar-refractivity contribution >= 4 is 29.6 Å². The number of alkyl carbamates (subject to hydrolysis) is 1. The highest BCUT2D eigenvalue weighted by Crippen LogP contribution is 2.40. The number of ether oxygens (including phenoxy) is 1. The molecule has 134 valence electrons. The minimum Gasteiger partial charge on any atom is -0.444 e. The summed E-state index contributed by atoms with van der Waals surface area (Å²) in [4.78, 5) is 23.3. The standard InChI is InChI=1S/C18H23ClN4O2/c1-17(2,3)25-16(24)21-10-11-23-15(12-19)22-14-7-4-6-13-18(14,23)8-5-9-20-13/h4-9,15H,10-12H2,1-3H3,(H,21,24). The number of amides is 1. The summed E-state index contributed by atoms with van der Waals surface area (Å²) in [6.45, 7) is 6.53. The van der Waals surface area contributed by atoms with Crippen LogP contribution in [0.4, 0.5) is 4.79 Å². The van der Waals surface area contributed by atoms with Crippen molar-refractivity contribution in [1.82, 2.24) is 10.2 Å².